The van der Waals surface area contributed by atoms with Gasteiger partial charge in [-0.05, 0) is 19.4 Å². The molecular formula is C13H18N2O3. The number of carbonyl (C=O) groups excluding carboxylic acids is 1. The lowest BCUT2D eigenvalue weighted by molar-refractivity contribution is -0.138. The number of carboxylic acid groups (broad SMARTS) is 1. The van der Waals surface area contributed by atoms with Crippen molar-refractivity contribution in [3.8, 4) is 0 Å². The molecule has 2 N–H and O–H groups in total. The van der Waals surface area contributed by atoms with E-state index < -0.39 is 18.0 Å². The Labute approximate surface area is 106 Å². The molecule has 0 aromatic heterocycles. The maximum Gasteiger partial charge on any atom is 0.325 e. The molecule has 0 bridgehead atoms. The van der Waals surface area contributed by atoms with E-state index >= 15 is 0 Å². The van der Waals surface area contributed by atoms with E-state index in [1.807, 2.05) is 31.2 Å². The molecule has 98 valence electrons. The van der Waals surface area contributed by atoms with Crippen molar-refractivity contribution in [1.82, 2.24) is 10.2 Å². The van der Waals surface area contributed by atoms with Gasteiger partial charge in [0.2, 0.25) is 0 Å². The number of hydrogen-bond donors (Lipinski definition) is 2. The van der Waals surface area contributed by atoms with E-state index in [1.54, 1.807) is 7.05 Å². The summed E-state index contributed by atoms with van der Waals surface area (Å²) in [7, 11) is 1.63. The smallest absolute Gasteiger partial charge is 0.325 e. The van der Waals surface area contributed by atoms with Crippen LogP contribution in [0.2, 0.25) is 0 Å². The molecule has 0 fully saturated rings. The van der Waals surface area contributed by atoms with Gasteiger partial charge in [0, 0.05) is 13.6 Å². The number of aliphatic carboxylic acids is 1. The Balaban J connectivity index is 2.54. The number of carbonyl (C=O) groups is 2. The number of nitrogens with zero attached hydrogens (tertiary/aromatic N) is 1. The zero-order valence-electron chi connectivity index (χ0n) is 10.8. The van der Waals surface area contributed by atoms with Crippen molar-refractivity contribution in [2.75, 3.05) is 7.05 Å². The third-order valence-electron chi connectivity index (χ3n) is 2.60. The lowest BCUT2D eigenvalue weighted by Gasteiger charge is -2.19. The normalized spacial score (nSPS) is 11.7. The molecule has 2 amide bonds. The van der Waals surface area contributed by atoms with E-state index in [9.17, 15) is 9.59 Å². The van der Waals surface area contributed by atoms with Gasteiger partial charge in [0.15, 0.2) is 0 Å². The number of benzene rings is 1. The molecule has 1 aromatic rings. The molecule has 1 rings (SSSR count). The molecule has 0 heterocycles. The summed E-state index contributed by atoms with van der Waals surface area (Å²) in [6.07, 6.45) is 0. The van der Waals surface area contributed by atoms with Crippen LogP contribution in [0.25, 0.3) is 0 Å². The summed E-state index contributed by atoms with van der Waals surface area (Å²) in [4.78, 5) is 23.7. The fourth-order valence-electron chi connectivity index (χ4n) is 1.40. The highest BCUT2D eigenvalue weighted by molar-refractivity contribution is 5.82. The van der Waals surface area contributed by atoms with Gasteiger partial charge in [-0.15, -0.1) is 0 Å². The number of nitrogens with one attached hydrogen (secondary N) is 1. The minimum atomic E-state index is -1.05. The number of aryl methyl sites for hydroxylation is 1. The van der Waals surface area contributed by atoms with E-state index in [0.29, 0.717) is 6.54 Å². The van der Waals surface area contributed by atoms with Crippen LogP contribution >= 0.6 is 0 Å². The summed E-state index contributed by atoms with van der Waals surface area (Å²) < 4.78 is 0. The summed E-state index contributed by atoms with van der Waals surface area (Å²) in [6.45, 7) is 3.87. The van der Waals surface area contributed by atoms with Gasteiger partial charge in [0.1, 0.15) is 6.04 Å². The van der Waals surface area contributed by atoms with E-state index in [0.717, 1.165) is 11.1 Å². The van der Waals surface area contributed by atoms with Crippen molar-refractivity contribution < 1.29 is 14.7 Å². The van der Waals surface area contributed by atoms with Gasteiger partial charge in [-0.1, -0.05) is 29.8 Å². The van der Waals surface area contributed by atoms with Crippen LogP contribution in [-0.4, -0.2) is 35.1 Å². The number of carboxylic acids is 1. The van der Waals surface area contributed by atoms with Gasteiger partial charge in [0.25, 0.3) is 0 Å². The summed E-state index contributed by atoms with van der Waals surface area (Å²) in [5.41, 5.74) is 2.16. The molecule has 0 aliphatic rings. The van der Waals surface area contributed by atoms with Crippen molar-refractivity contribution in [2.24, 2.45) is 0 Å². The molecule has 0 radical (unpaired) electrons. The number of rotatable bonds is 4. The zero-order valence-corrected chi connectivity index (χ0v) is 10.8. The predicted molar refractivity (Wildman–Crippen MR) is 68.3 cm³/mol. The van der Waals surface area contributed by atoms with Crippen molar-refractivity contribution in [3.63, 3.8) is 0 Å². The first-order chi connectivity index (χ1) is 8.40. The highest BCUT2D eigenvalue weighted by Crippen LogP contribution is 2.06. The van der Waals surface area contributed by atoms with Gasteiger partial charge >= 0.3 is 12.0 Å². The van der Waals surface area contributed by atoms with E-state index in [1.165, 1.54) is 11.8 Å². The summed E-state index contributed by atoms with van der Waals surface area (Å²) in [5.74, 6) is -1.05. The lowest BCUT2D eigenvalue weighted by Crippen LogP contribution is -2.44. The molecule has 5 nitrogen and oxygen atoms in total. The van der Waals surface area contributed by atoms with Gasteiger partial charge in [0.05, 0.1) is 0 Å². The highest BCUT2D eigenvalue weighted by atomic mass is 16.4. The zero-order chi connectivity index (χ0) is 13.7. The van der Waals surface area contributed by atoms with Gasteiger partial charge in [-0.2, -0.15) is 0 Å². The van der Waals surface area contributed by atoms with Crippen LogP contribution in [0.15, 0.2) is 24.3 Å². The summed E-state index contributed by atoms with van der Waals surface area (Å²) in [5, 5.41) is 11.1. The minimum Gasteiger partial charge on any atom is -0.480 e. The fourth-order valence-corrected chi connectivity index (χ4v) is 1.40. The monoisotopic (exact) mass is 250 g/mol. The number of hydrogen-bond acceptors (Lipinski definition) is 2. The first-order valence-electron chi connectivity index (χ1n) is 5.70. The van der Waals surface area contributed by atoms with Crippen molar-refractivity contribution in [3.05, 3.63) is 35.4 Å². The molecular weight excluding hydrogens is 232 g/mol. The van der Waals surface area contributed by atoms with E-state index in [-0.39, 0.29) is 0 Å². The highest BCUT2D eigenvalue weighted by Gasteiger charge is 2.16. The molecule has 1 atom stereocenters. The van der Waals surface area contributed by atoms with Gasteiger partial charge in [-0.25, -0.2) is 4.79 Å². The second-order valence-corrected chi connectivity index (χ2v) is 4.35. The van der Waals surface area contributed by atoms with Crippen LogP contribution in [0.4, 0.5) is 4.79 Å². The minimum absolute atomic E-state index is 0.398. The van der Waals surface area contributed by atoms with E-state index in [4.69, 9.17) is 5.11 Å². The predicted octanol–water partition coefficient (Wildman–Crippen LogP) is 1.61. The second-order valence-electron chi connectivity index (χ2n) is 4.35. The summed E-state index contributed by atoms with van der Waals surface area (Å²) >= 11 is 0. The Hall–Kier alpha value is -2.04. The maximum atomic E-state index is 11.7. The lowest BCUT2D eigenvalue weighted by atomic mass is 10.1. The third-order valence-corrected chi connectivity index (χ3v) is 2.60. The molecule has 1 aromatic carbocycles. The maximum absolute atomic E-state index is 11.7. The molecule has 0 aliphatic carbocycles. The molecule has 0 saturated heterocycles. The van der Waals surface area contributed by atoms with Crippen molar-refractivity contribution >= 4 is 12.0 Å². The Morgan fingerprint density at radius 2 is 1.89 bits per heavy atom. The molecule has 0 spiro atoms. The first-order valence-corrected chi connectivity index (χ1v) is 5.70. The Morgan fingerprint density at radius 1 is 1.33 bits per heavy atom. The largest absolute Gasteiger partial charge is 0.480 e. The quantitative estimate of drug-likeness (QED) is 0.853. The van der Waals surface area contributed by atoms with Crippen LogP contribution in [0.3, 0.4) is 0 Å². The van der Waals surface area contributed by atoms with Gasteiger partial charge in [-0.3, -0.25) is 4.79 Å². The first kappa shape index (κ1) is 14.0. The van der Waals surface area contributed by atoms with Crippen LogP contribution in [0.1, 0.15) is 18.1 Å². The molecule has 18 heavy (non-hydrogen) atoms. The van der Waals surface area contributed by atoms with Crippen LogP contribution in [0.5, 0.6) is 0 Å². The van der Waals surface area contributed by atoms with Crippen molar-refractivity contribution in [2.45, 2.75) is 26.4 Å². The Bertz CT molecular complexity index is 428. The summed E-state index contributed by atoms with van der Waals surface area (Å²) in [6, 6.07) is 6.55. The fraction of sp³-hybridized carbons (Fsp3) is 0.385. The molecule has 0 aliphatic heterocycles. The van der Waals surface area contributed by atoms with Crippen molar-refractivity contribution in [1.29, 1.82) is 0 Å². The Kier molecular flexibility index (Phi) is 4.71. The SMILES string of the molecule is Cc1ccc(CN(C)C(=O)NC(C)C(=O)O)cc1. The third kappa shape index (κ3) is 4.08. The van der Waals surface area contributed by atoms with E-state index in [2.05, 4.69) is 5.32 Å². The Morgan fingerprint density at radius 3 is 2.39 bits per heavy atom. The van der Waals surface area contributed by atoms with Crippen LogP contribution in [-0.2, 0) is 11.3 Å². The molecule has 5 heteroatoms. The average molecular weight is 250 g/mol. The van der Waals surface area contributed by atoms with Crippen LogP contribution < -0.4 is 5.32 Å². The standard InChI is InChI=1S/C13H18N2O3/c1-9-4-6-11(7-5-9)8-15(3)13(18)14-10(2)12(16)17/h4-7,10H,8H2,1-3H3,(H,14,18)(H,16,17). The number of amides is 2. The number of urea groups is 1. The second kappa shape index (κ2) is 6.05. The van der Waals surface area contributed by atoms with Crippen LogP contribution in [0, 0.1) is 6.92 Å². The van der Waals surface area contributed by atoms with Gasteiger partial charge < -0.3 is 15.3 Å². The molecule has 1 unspecified atom stereocenters. The molecule has 0 saturated carbocycles. The average Bonchev–Trinajstić information content (AvgIpc) is 2.31. The topological polar surface area (TPSA) is 69.6 Å².